The number of phenolic OH excluding ortho intramolecular Hbond substituents is 1. The maximum atomic E-state index is 12.3. The van der Waals surface area contributed by atoms with E-state index >= 15 is 0 Å². The van der Waals surface area contributed by atoms with Gasteiger partial charge in [-0.3, -0.25) is 4.79 Å². The number of benzene rings is 1. The van der Waals surface area contributed by atoms with Crippen LogP contribution in [0.1, 0.15) is 51.2 Å². The van der Waals surface area contributed by atoms with E-state index in [1.165, 1.54) is 11.1 Å². The van der Waals surface area contributed by atoms with Gasteiger partial charge in [0.1, 0.15) is 5.78 Å². The van der Waals surface area contributed by atoms with Crippen molar-refractivity contribution in [2.75, 3.05) is 7.11 Å². The maximum absolute atomic E-state index is 12.3. The summed E-state index contributed by atoms with van der Waals surface area (Å²) in [6, 6.07) is 3.84. The molecule has 3 rings (SSSR count). The molecular weight excluding hydrogens is 264 g/mol. The van der Waals surface area contributed by atoms with E-state index < -0.39 is 0 Å². The van der Waals surface area contributed by atoms with E-state index in [4.69, 9.17) is 4.74 Å². The minimum absolute atomic E-state index is 0.00796. The molecule has 2 aliphatic rings. The van der Waals surface area contributed by atoms with E-state index in [0.29, 0.717) is 23.9 Å². The van der Waals surface area contributed by atoms with E-state index in [-0.39, 0.29) is 16.6 Å². The van der Waals surface area contributed by atoms with Gasteiger partial charge in [0.15, 0.2) is 11.5 Å². The number of rotatable bonds is 1. The number of hydrogen-bond donors (Lipinski definition) is 1. The summed E-state index contributed by atoms with van der Waals surface area (Å²) in [5.41, 5.74) is 2.19. The topological polar surface area (TPSA) is 46.5 Å². The van der Waals surface area contributed by atoms with Gasteiger partial charge in [0.2, 0.25) is 0 Å². The Morgan fingerprint density at radius 2 is 1.95 bits per heavy atom. The van der Waals surface area contributed by atoms with Crippen LogP contribution in [0.3, 0.4) is 0 Å². The normalized spacial score (nSPS) is 30.5. The van der Waals surface area contributed by atoms with E-state index in [1.807, 2.05) is 12.1 Å². The van der Waals surface area contributed by atoms with Gasteiger partial charge in [-0.1, -0.05) is 20.8 Å². The number of ketones is 1. The average molecular weight is 288 g/mol. The number of fused-ring (bicyclic) bond motifs is 3. The van der Waals surface area contributed by atoms with Crippen LogP contribution in [0.15, 0.2) is 12.1 Å². The lowest BCUT2D eigenvalue weighted by atomic mass is 9.50. The summed E-state index contributed by atoms with van der Waals surface area (Å²) in [7, 11) is 1.58. The van der Waals surface area contributed by atoms with Gasteiger partial charge in [-0.25, -0.2) is 0 Å². The van der Waals surface area contributed by atoms with Gasteiger partial charge in [0, 0.05) is 11.8 Å². The molecule has 2 atom stereocenters. The Morgan fingerprint density at radius 1 is 1.24 bits per heavy atom. The molecule has 114 valence electrons. The maximum Gasteiger partial charge on any atom is 0.160 e. The van der Waals surface area contributed by atoms with Gasteiger partial charge in [-0.15, -0.1) is 0 Å². The number of carbonyl (C=O) groups excluding carboxylic acids is 1. The first-order valence-corrected chi connectivity index (χ1v) is 7.74. The van der Waals surface area contributed by atoms with Crippen molar-refractivity contribution in [3.8, 4) is 11.5 Å². The molecule has 0 radical (unpaired) electrons. The van der Waals surface area contributed by atoms with Crippen molar-refractivity contribution in [1.82, 2.24) is 0 Å². The number of aromatic hydroxyl groups is 1. The smallest absolute Gasteiger partial charge is 0.160 e. The zero-order valence-electron chi connectivity index (χ0n) is 13.3. The van der Waals surface area contributed by atoms with Crippen molar-refractivity contribution in [3.05, 3.63) is 23.3 Å². The van der Waals surface area contributed by atoms with Gasteiger partial charge in [0.05, 0.1) is 7.11 Å². The molecule has 0 bridgehead atoms. The van der Waals surface area contributed by atoms with Crippen LogP contribution in [0.5, 0.6) is 11.5 Å². The Balaban J connectivity index is 2.15. The first kappa shape index (κ1) is 14.4. The standard InChI is InChI=1S/C18H24O3/c1-17(2)15-6-5-11-9-13(19)14(21-4)10-12(11)18(15,3)8-7-16(17)20/h9-10,15,19H,5-8H2,1-4H3/t15-,18+/m1/s1. The molecule has 0 heterocycles. The lowest BCUT2D eigenvalue weighted by Gasteiger charge is -2.53. The lowest BCUT2D eigenvalue weighted by molar-refractivity contribution is -0.137. The minimum Gasteiger partial charge on any atom is -0.504 e. The minimum atomic E-state index is -0.268. The van der Waals surface area contributed by atoms with Crippen molar-refractivity contribution >= 4 is 5.78 Å². The third-order valence-corrected chi connectivity index (χ3v) is 5.95. The summed E-state index contributed by atoms with van der Waals surface area (Å²) in [5.74, 6) is 1.49. The molecular formula is C18H24O3. The predicted octanol–water partition coefficient (Wildman–Crippen LogP) is 3.61. The monoisotopic (exact) mass is 288 g/mol. The van der Waals surface area contributed by atoms with Crippen molar-refractivity contribution in [2.45, 2.75) is 51.9 Å². The molecule has 0 spiro atoms. The van der Waals surface area contributed by atoms with Crippen LogP contribution < -0.4 is 4.74 Å². The number of Topliss-reactive ketones (excluding diaryl/α,β-unsaturated/α-hetero) is 1. The zero-order valence-corrected chi connectivity index (χ0v) is 13.3. The molecule has 0 aliphatic heterocycles. The number of hydrogen-bond acceptors (Lipinski definition) is 3. The van der Waals surface area contributed by atoms with Crippen LogP contribution in [0, 0.1) is 11.3 Å². The highest BCUT2D eigenvalue weighted by atomic mass is 16.5. The quantitative estimate of drug-likeness (QED) is 0.858. The number of aryl methyl sites for hydroxylation is 1. The van der Waals surface area contributed by atoms with E-state index in [1.54, 1.807) is 7.11 Å². The lowest BCUT2D eigenvalue weighted by Crippen LogP contribution is -2.52. The number of methoxy groups -OCH3 is 1. The van der Waals surface area contributed by atoms with Crippen LogP contribution >= 0.6 is 0 Å². The third-order valence-electron chi connectivity index (χ3n) is 5.95. The molecule has 0 unspecified atom stereocenters. The Kier molecular flexibility index (Phi) is 3.09. The molecule has 0 aromatic heterocycles. The summed E-state index contributed by atoms with van der Waals surface area (Å²) in [5, 5.41) is 10.0. The second-order valence-corrected chi connectivity index (χ2v) is 7.33. The zero-order chi connectivity index (χ0) is 15.4. The van der Waals surface area contributed by atoms with Crippen molar-refractivity contribution < 1.29 is 14.6 Å². The molecule has 21 heavy (non-hydrogen) atoms. The first-order valence-electron chi connectivity index (χ1n) is 7.74. The van der Waals surface area contributed by atoms with Gasteiger partial charge >= 0.3 is 0 Å². The Morgan fingerprint density at radius 3 is 2.62 bits per heavy atom. The highest BCUT2D eigenvalue weighted by Crippen LogP contribution is 2.56. The highest BCUT2D eigenvalue weighted by molar-refractivity contribution is 5.86. The predicted molar refractivity (Wildman–Crippen MR) is 81.8 cm³/mol. The number of carbonyl (C=O) groups is 1. The van der Waals surface area contributed by atoms with Crippen molar-refractivity contribution in [2.24, 2.45) is 11.3 Å². The van der Waals surface area contributed by atoms with Crippen LogP contribution in [0.2, 0.25) is 0 Å². The molecule has 1 N–H and O–H groups in total. The van der Waals surface area contributed by atoms with Crippen LogP contribution in [0.4, 0.5) is 0 Å². The molecule has 0 saturated heterocycles. The second-order valence-electron chi connectivity index (χ2n) is 7.33. The Hall–Kier alpha value is -1.51. The second kappa shape index (κ2) is 4.49. The van der Waals surface area contributed by atoms with E-state index in [9.17, 15) is 9.90 Å². The Labute approximate surface area is 126 Å². The summed E-state index contributed by atoms with van der Waals surface area (Å²) >= 11 is 0. The molecule has 1 saturated carbocycles. The molecule has 1 aromatic rings. The first-order chi connectivity index (χ1) is 9.80. The number of phenols is 1. The fourth-order valence-electron chi connectivity index (χ4n) is 4.68. The molecule has 1 aromatic carbocycles. The summed E-state index contributed by atoms with van der Waals surface area (Å²) in [6.07, 6.45) is 3.46. The van der Waals surface area contributed by atoms with Gasteiger partial charge < -0.3 is 9.84 Å². The van der Waals surface area contributed by atoms with Crippen molar-refractivity contribution in [1.29, 1.82) is 0 Å². The van der Waals surface area contributed by atoms with E-state index in [0.717, 1.165) is 19.3 Å². The SMILES string of the molecule is COc1cc2c(cc1O)CC[C@@H]1C(C)(C)C(=O)CC[C@@]21C. The average Bonchev–Trinajstić information content (AvgIpc) is 2.43. The number of ether oxygens (including phenoxy) is 1. The Bertz CT molecular complexity index is 603. The van der Waals surface area contributed by atoms with Gasteiger partial charge in [-0.2, -0.15) is 0 Å². The van der Waals surface area contributed by atoms with Gasteiger partial charge in [-0.05, 0) is 53.9 Å². The summed E-state index contributed by atoms with van der Waals surface area (Å²) in [6.45, 7) is 6.47. The fraction of sp³-hybridized carbons (Fsp3) is 0.611. The third kappa shape index (κ3) is 1.90. The van der Waals surface area contributed by atoms with Crippen LogP contribution in [-0.2, 0) is 16.6 Å². The van der Waals surface area contributed by atoms with Crippen molar-refractivity contribution in [3.63, 3.8) is 0 Å². The largest absolute Gasteiger partial charge is 0.504 e. The molecule has 3 nitrogen and oxygen atoms in total. The van der Waals surface area contributed by atoms with Gasteiger partial charge in [0.25, 0.3) is 0 Å². The fourth-order valence-corrected chi connectivity index (χ4v) is 4.68. The molecule has 2 aliphatic carbocycles. The summed E-state index contributed by atoms with van der Waals surface area (Å²) in [4.78, 5) is 12.3. The summed E-state index contributed by atoms with van der Waals surface area (Å²) < 4.78 is 5.29. The van der Waals surface area contributed by atoms with E-state index in [2.05, 4.69) is 20.8 Å². The molecule has 3 heteroatoms. The van der Waals surface area contributed by atoms with Crippen LogP contribution in [0.25, 0.3) is 0 Å². The molecule has 1 fully saturated rings. The highest BCUT2D eigenvalue weighted by Gasteiger charge is 2.53. The molecule has 0 amide bonds. The van der Waals surface area contributed by atoms with Crippen LogP contribution in [-0.4, -0.2) is 18.0 Å².